The quantitative estimate of drug-likeness (QED) is 0.465. The summed E-state index contributed by atoms with van der Waals surface area (Å²) >= 11 is 0. The third-order valence-corrected chi connectivity index (χ3v) is 1.86. The Hall–Kier alpha value is -0.860. The molecule has 0 saturated heterocycles. The number of carbonyl (C=O) groups excluding carboxylic acids is 2. The minimum atomic E-state index is -0.201. The van der Waals surface area contributed by atoms with Gasteiger partial charge >= 0.3 is 5.97 Å². The SMILES string of the molecule is COC(=O)[C@H](C)C[C@H](C)CC=O. The van der Waals surface area contributed by atoms with E-state index < -0.39 is 0 Å². The largest absolute Gasteiger partial charge is 0.469 e. The van der Waals surface area contributed by atoms with E-state index in [9.17, 15) is 9.59 Å². The van der Waals surface area contributed by atoms with Crippen LogP contribution < -0.4 is 0 Å². The molecule has 3 nitrogen and oxygen atoms in total. The van der Waals surface area contributed by atoms with Crippen molar-refractivity contribution in [3.63, 3.8) is 0 Å². The molecule has 0 aliphatic carbocycles. The molecule has 0 aromatic carbocycles. The maximum Gasteiger partial charge on any atom is 0.308 e. The number of rotatable bonds is 5. The summed E-state index contributed by atoms with van der Waals surface area (Å²) in [5.74, 6) is -0.0469. The summed E-state index contributed by atoms with van der Waals surface area (Å²) in [6, 6.07) is 0. The molecular formula is C9H16O3. The van der Waals surface area contributed by atoms with Gasteiger partial charge in [0.2, 0.25) is 0 Å². The number of aldehydes is 1. The van der Waals surface area contributed by atoms with Crippen molar-refractivity contribution in [3.05, 3.63) is 0 Å². The molecule has 0 fully saturated rings. The smallest absolute Gasteiger partial charge is 0.308 e. The molecule has 0 rings (SSSR count). The van der Waals surface area contributed by atoms with E-state index in [1.807, 2.05) is 13.8 Å². The van der Waals surface area contributed by atoms with E-state index in [1.165, 1.54) is 7.11 Å². The molecule has 2 atom stereocenters. The Morgan fingerprint density at radius 3 is 2.50 bits per heavy atom. The second kappa shape index (κ2) is 5.75. The molecule has 3 heteroatoms. The highest BCUT2D eigenvalue weighted by Gasteiger charge is 2.15. The van der Waals surface area contributed by atoms with Crippen molar-refractivity contribution in [2.75, 3.05) is 7.11 Å². The number of hydrogen-bond donors (Lipinski definition) is 0. The van der Waals surface area contributed by atoms with Gasteiger partial charge < -0.3 is 9.53 Å². The number of esters is 1. The van der Waals surface area contributed by atoms with Gasteiger partial charge in [-0.1, -0.05) is 13.8 Å². The molecule has 0 aromatic rings. The third-order valence-electron chi connectivity index (χ3n) is 1.86. The van der Waals surface area contributed by atoms with Crippen LogP contribution in [0.2, 0.25) is 0 Å². The number of methoxy groups -OCH3 is 1. The molecule has 0 heterocycles. The van der Waals surface area contributed by atoms with Crippen molar-refractivity contribution < 1.29 is 14.3 Å². The monoisotopic (exact) mass is 172 g/mol. The molecule has 0 aromatic heterocycles. The highest BCUT2D eigenvalue weighted by molar-refractivity contribution is 5.71. The van der Waals surface area contributed by atoms with Gasteiger partial charge in [-0.15, -0.1) is 0 Å². The van der Waals surface area contributed by atoms with Crippen molar-refractivity contribution in [2.45, 2.75) is 26.7 Å². The van der Waals surface area contributed by atoms with Gasteiger partial charge in [0.1, 0.15) is 6.29 Å². The van der Waals surface area contributed by atoms with E-state index >= 15 is 0 Å². The summed E-state index contributed by atoms with van der Waals surface area (Å²) in [5.41, 5.74) is 0. The Balaban J connectivity index is 3.74. The fraction of sp³-hybridized carbons (Fsp3) is 0.778. The molecule has 0 N–H and O–H groups in total. The molecule has 0 aliphatic heterocycles. The first-order chi connectivity index (χ1) is 5.61. The predicted molar refractivity (Wildman–Crippen MR) is 45.6 cm³/mol. The van der Waals surface area contributed by atoms with Crippen molar-refractivity contribution in [3.8, 4) is 0 Å². The lowest BCUT2D eigenvalue weighted by Gasteiger charge is -2.12. The van der Waals surface area contributed by atoms with Gasteiger partial charge in [-0.25, -0.2) is 0 Å². The average molecular weight is 172 g/mol. The summed E-state index contributed by atoms with van der Waals surface area (Å²) in [4.78, 5) is 21.1. The summed E-state index contributed by atoms with van der Waals surface area (Å²) in [6.07, 6.45) is 2.11. The van der Waals surface area contributed by atoms with E-state index in [2.05, 4.69) is 4.74 Å². The van der Waals surface area contributed by atoms with Crippen LogP contribution in [0.25, 0.3) is 0 Å². The first-order valence-corrected chi connectivity index (χ1v) is 4.13. The fourth-order valence-corrected chi connectivity index (χ4v) is 1.16. The summed E-state index contributed by atoms with van der Waals surface area (Å²) in [5, 5.41) is 0. The van der Waals surface area contributed by atoms with Crippen LogP contribution in [0.4, 0.5) is 0 Å². The fourth-order valence-electron chi connectivity index (χ4n) is 1.16. The first kappa shape index (κ1) is 11.1. The van der Waals surface area contributed by atoms with E-state index in [0.29, 0.717) is 12.8 Å². The molecule has 0 bridgehead atoms. The van der Waals surface area contributed by atoms with Gasteiger partial charge in [-0.05, 0) is 12.3 Å². The molecule has 0 amide bonds. The van der Waals surface area contributed by atoms with Crippen LogP contribution >= 0.6 is 0 Å². The minimum absolute atomic E-state index is 0.107. The standard InChI is InChI=1S/C9H16O3/c1-7(4-5-10)6-8(2)9(11)12-3/h5,7-8H,4,6H2,1-3H3/t7-,8-/m1/s1. The highest BCUT2D eigenvalue weighted by Crippen LogP contribution is 2.14. The van der Waals surface area contributed by atoms with E-state index in [4.69, 9.17) is 0 Å². The number of ether oxygens (including phenoxy) is 1. The molecule has 70 valence electrons. The Bertz CT molecular complexity index is 154. The van der Waals surface area contributed by atoms with Gasteiger partial charge in [0.05, 0.1) is 13.0 Å². The normalized spacial score (nSPS) is 14.9. The molecule has 0 radical (unpaired) electrons. The van der Waals surface area contributed by atoms with Crippen molar-refractivity contribution in [1.29, 1.82) is 0 Å². The maximum atomic E-state index is 10.9. The van der Waals surface area contributed by atoms with Gasteiger partial charge in [0.15, 0.2) is 0 Å². The predicted octanol–water partition coefficient (Wildman–Crippen LogP) is 1.41. The van der Waals surface area contributed by atoms with Gasteiger partial charge in [0.25, 0.3) is 0 Å². The van der Waals surface area contributed by atoms with Gasteiger partial charge in [-0.2, -0.15) is 0 Å². The molecule has 0 spiro atoms. The summed E-state index contributed by atoms with van der Waals surface area (Å²) < 4.78 is 4.56. The zero-order chi connectivity index (χ0) is 9.56. The minimum Gasteiger partial charge on any atom is -0.469 e. The molecule has 12 heavy (non-hydrogen) atoms. The van der Waals surface area contributed by atoms with E-state index in [0.717, 1.165) is 6.29 Å². The zero-order valence-corrected chi connectivity index (χ0v) is 7.87. The van der Waals surface area contributed by atoms with Crippen LogP contribution in [-0.4, -0.2) is 19.4 Å². The Labute approximate surface area is 73.1 Å². The van der Waals surface area contributed by atoms with E-state index in [1.54, 1.807) is 0 Å². The maximum absolute atomic E-state index is 10.9. The topological polar surface area (TPSA) is 43.4 Å². The van der Waals surface area contributed by atoms with Crippen LogP contribution in [0.5, 0.6) is 0 Å². The van der Waals surface area contributed by atoms with Crippen molar-refractivity contribution in [2.24, 2.45) is 11.8 Å². The highest BCUT2D eigenvalue weighted by atomic mass is 16.5. The second-order valence-electron chi connectivity index (χ2n) is 3.17. The lowest BCUT2D eigenvalue weighted by molar-refractivity contribution is -0.145. The lowest BCUT2D eigenvalue weighted by atomic mass is 9.95. The summed E-state index contributed by atoms with van der Waals surface area (Å²) in [6.45, 7) is 3.76. The molecule has 0 saturated carbocycles. The van der Waals surface area contributed by atoms with Crippen LogP contribution in [0, 0.1) is 11.8 Å². The zero-order valence-electron chi connectivity index (χ0n) is 7.87. The van der Waals surface area contributed by atoms with E-state index in [-0.39, 0.29) is 17.8 Å². The van der Waals surface area contributed by atoms with Gasteiger partial charge in [0, 0.05) is 6.42 Å². The molecular weight excluding hydrogens is 156 g/mol. The number of carbonyl (C=O) groups is 2. The number of hydrogen-bond acceptors (Lipinski definition) is 3. The average Bonchev–Trinajstić information content (AvgIpc) is 2.03. The van der Waals surface area contributed by atoms with Crippen LogP contribution in [0.15, 0.2) is 0 Å². The van der Waals surface area contributed by atoms with Crippen LogP contribution in [0.1, 0.15) is 26.7 Å². The molecule has 0 unspecified atom stereocenters. The van der Waals surface area contributed by atoms with Crippen LogP contribution in [0.3, 0.4) is 0 Å². The summed E-state index contributed by atoms with van der Waals surface area (Å²) in [7, 11) is 1.38. The molecule has 0 aliphatic rings. The third kappa shape index (κ3) is 4.11. The van der Waals surface area contributed by atoms with Gasteiger partial charge in [-0.3, -0.25) is 4.79 Å². The lowest BCUT2D eigenvalue weighted by Crippen LogP contribution is -2.15. The Morgan fingerprint density at radius 1 is 1.50 bits per heavy atom. The Morgan fingerprint density at radius 2 is 2.08 bits per heavy atom. The van der Waals surface area contributed by atoms with Crippen molar-refractivity contribution >= 4 is 12.3 Å². The van der Waals surface area contributed by atoms with Crippen molar-refractivity contribution in [1.82, 2.24) is 0 Å². The second-order valence-corrected chi connectivity index (χ2v) is 3.17. The van der Waals surface area contributed by atoms with Crippen LogP contribution in [-0.2, 0) is 14.3 Å². The first-order valence-electron chi connectivity index (χ1n) is 4.13. The Kier molecular flexibility index (Phi) is 5.34.